The van der Waals surface area contributed by atoms with Gasteiger partial charge < -0.3 is 14.6 Å². The summed E-state index contributed by atoms with van der Waals surface area (Å²) in [6.45, 7) is 15.6. The molecule has 0 aromatic heterocycles. The summed E-state index contributed by atoms with van der Waals surface area (Å²) in [4.78, 5) is 0. The third kappa shape index (κ3) is 3.97. The van der Waals surface area contributed by atoms with Crippen molar-refractivity contribution in [1.82, 2.24) is 0 Å². The summed E-state index contributed by atoms with van der Waals surface area (Å²) in [6.07, 6.45) is 0.773. The maximum atomic E-state index is 11.3. The zero-order valence-electron chi connectivity index (χ0n) is 18.5. The van der Waals surface area contributed by atoms with E-state index in [-0.39, 0.29) is 22.5 Å². The quantitative estimate of drug-likeness (QED) is 0.407. The molecule has 2 N–H and O–H groups in total. The lowest BCUT2D eigenvalue weighted by molar-refractivity contribution is -0.151. The van der Waals surface area contributed by atoms with E-state index in [2.05, 4.69) is 47.7 Å². The second kappa shape index (κ2) is 7.65. The minimum absolute atomic E-state index is 0.0160. The molecule has 162 valence electrons. The maximum absolute atomic E-state index is 11.3. The molecule has 1 aromatic carbocycles. The Morgan fingerprint density at radius 3 is 2.24 bits per heavy atom. The molecule has 0 saturated heterocycles. The smallest absolute Gasteiger partial charge is 0.192 e. The normalized spacial score (nSPS) is 31.5. The first-order valence-electron chi connectivity index (χ1n) is 10.4. The van der Waals surface area contributed by atoms with Crippen LogP contribution in [0.3, 0.4) is 0 Å². The average molecular weight is 458 g/mol. The summed E-state index contributed by atoms with van der Waals surface area (Å²) in [5, 5.41) is 23.1. The lowest BCUT2D eigenvalue weighted by Crippen LogP contribution is -2.64. The van der Waals surface area contributed by atoms with Crippen LogP contribution in [0.25, 0.3) is 0 Å². The minimum atomic E-state index is -2.06. The predicted molar refractivity (Wildman–Crippen MR) is 123 cm³/mol. The molecule has 2 bridgehead atoms. The van der Waals surface area contributed by atoms with Crippen molar-refractivity contribution in [2.75, 3.05) is 0 Å². The Kier molecular flexibility index (Phi) is 6.15. The van der Waals surface area contributed by atoms with Crippen molar-refractivity contribution >= 4 is 31.5 Å². The van der Waals surface area contributed by atoms with E-state index < -0.39 is 20.5 Å². The van der Waals surface area contributed by atoms with E-state index in [0.717, 1.165) is 12.0 Å². The average Bonchev–Trinajstić information content (AvgIpc) is 2.56. The van der Waals surface area contributed by atoms with Crippen molar-refractivity contribution in [2.45, 2.75) is 77.5 Å². The van der Waals surface area contributed by atoms with Crippen LogP contribution in [0, 0.1) is 17.3 Å². The molecule has 0 amide bonds. The van der Waals surface area contributed by atoms with Gasteiger partial charge in [0.05, 0.1) is 6.10 Å². The number of aliphatic hydroxyl groups excluding tert-OH is 2. The van der Waals surface area contributed by atoms with E-state index in [1.165, 1.54) is 0 Å². The van der Waals surface area contributed by atoms with Gasteiger partial charge in [-0.25, -0.2) is 0 Å². The first-order chi connectivity index (χ1) is 13.2. The second-order valence-corrected chi connectivity index (χ2v) is 16.3. The minimum Gasteiger partial charge on any atom is -0.411 e. The van der Waals surface area contributed by atoms with Crippen molar-refractivity contribution in [3.8, 4) is 0 Å². The molecule has 0 radical (unpaired) electrons. The van der Waals surface area contributed by atoms with Crippen LogP contribution in [0.1, 0.15) is 52.7 Å². The Hall–Kier alpha value is -0.363. The van der Waals surface area contributed by atoms with Crippen LogP contribution in [-0.2, 0) is 4.43 Å². The zero-order chi connectivity index (χ0) is 21.9. The molecule has 0 spiro atoms. The Morgan fingerprint density at radius 2 is 1.76 bits per heavy atom. The third-order valence-corrected chi connectivity index (χ3v) is 12.8. The lowest BCUT2D eigenvalue weighted by Gasteiger charge is -2.63. The van der Waals surface area contributed by atoms with Crippen molar-refractivity contribution in [3.63, 3.8) is 0 Å². The largest absolute Gasteiger partial charge is 0.411 e. The molecule has 3 aliphatic carbocycles. The van der Waals surface area contributed by atoms with Gasteiger partial charge >= 0.3 is 0 Å². The summed E-state index contributed by atoms with van der Waals surface area (Å²) in [6, 6.07) is 5.19. The molecule has 0 heterocycles. The molecular formula is C23H34Cl2O3Si. The molecule has 4 rings (SSSR count). The van der Waals surface area contributed by atoms with Gasteiger partial charge in [-0.2, -0.15) is 0 Å². The molecule has 3 saturated carbocycles. The molecule has 6 heteroatoms. The summed E-state index contributed by atoms with van der Waals surface area (Å²) in [5.41, 5.74) is 1.35. The number of hydrogen-bond donors (Lipinski definition) is 2. The van der Waals surface area contributed by atoms with Gasteiger partial charge in [-0.1, -0.05) is 63.9 Å². The molecule has 1 aromatic rings. The highest BCUT2D eigenvalue weighted by molar-refractivity contribution is 6.74. The van der Waals surface area contributed by atoms with E-state index in [9.17, 15) is 10.2 Å². The fourth-order valence-electron chi connectivity index (χ4n) is 4.64. The van der Waals surface area contributed by atoms with E-state index in [1.807, 2.05) is 0 Å². The van der Waals surface area contributed by atoms with Crippen molar-refractivity contribution in [1.29, 1.82) is 0 Å². The van der Waals surface area contributed by atoms with Gasteiger partial charge in [0.2, 0.25) is 0 Å². The Balaban J connectivity index is 1.96. The van der Waals surface area contributed by atoms with Crippen LogP contribution >= 0.6 is 23.2 Å². The predicted octanol–water partition coefficient (Wildman–Crippen LogP) is 6.38. The van der Waals surface area contributed by atoms with Crippen molar-refractivity contribution in [2.24, 2.45) is 17.3 Å². The standard InChI is InChI=1S/C23H34Cl2O3Si/c1-22(2,3)29(6,7)28-21-15-12-14(23(15,4)5)13(20(21)27)11-18(26)19-16(24)9-8-10-17(19)25/h8-11,14-15,18,20-21,26-27H,12H2,1-7H3/t14-,15+,18-,20+,21+/m0/s1. The summed E-state index contributed by atoms with van der Waals surface area (Å²) in [5.74, 6) is 0.535. The lowest BCUT2D eigenvalue weighted by atomic mass is 9.45. The number of benzene rings is 1. The highest BCUT2D eigenvalue weighted by atomic mass is 35.5. The number of halogens is 2. The van der Waals surface area contributed by atoms with Crippen molar-refractivity contribution < 1.29 is 14.6 Å². The number of aliphatic hydroxyl groups is 2. The third-order valence-electron chi connectivity index (χ3n) is 7.68. The van der Waals surface area contributed by atoms with E-state index in [0.29, 0.717) is 21.5 Å². The highest BCUT2D eigenvalue weighted by Crippen LogP contribution is 2.63. The van der Waals surface area contributed by atoms with Gasteiger partial charge in [0.1, 0.15) is 12.2 Å². The monoisotopic (exact) mass is 456 g/mol. The van der Waals surface area contributed by atoms with Gasteiger partial charge in [-0.15, -0.1) is 0 Å². The number of fused-ring (bicyclic) bond motifs is 2. The van der Waals surface area contributed by atoms with Crippen LogP contribution < -0.4 is 0 Å². The van der Waals surface area contributed by atoms with Gasteiger partial charge in [0, 0.05) is 15.6 Å². The maximum Gasteiger partial charge on any atom is 0.192 e. The Bertz CT molecular complexity index is 793. The van der Waals surface area contributed by atoms with Crippen LogP contribution in [0.2, 0.25) is 28.2 Å². The van der Waals surface area contributed by atoms with Gasteiger partial charge in [-0.05, 0) is 65.6 Å². The van der Waals surface area contributed by atoms with Crippen LogP contribution in [0.15, 0.2) is 29.8 Å². The van der Waals surface area contributed by atoms with E-state index >= 15 is 0 Å². The number of hydrogen-bond acceptors (Lipinski definition) is 3. The number of rotatable bonds is 4. The Labute approximate surface area is 186 Å². The van der Waals surface area contributed by atoms with Gasteiger partial charge in [0.25, 0.3) is 0 Å². The summed E-state index contributed by atoms with van der Waals surface area (Å²) < 4.78 is 6.72. The molecule has 5 atom stereocenters. The molecule has 3 fully saturated rings. The fraction of sp³-hybridized carbons (Fsp3) is 0.652. The van der Waals surface area contributed by atoms with E-state index in [1.54, 1.807) is 24.3 Å². The molecule has 3 nitrogen and oxygen atoms in total. The highest BCUT2D eigenvalue weighted by Gasteiger charge is 2.61. The molecular weight excluding hydrogens is 423 g/mol. The fourth-order valence-corrected chi connectivity index (χ4v) is 6.58. The van der Waals surface area contributed by atoms with Gasteiger partial charge in [-0.3, -0.25) is 0 Å². The van der Waals surface area contributed by atoms with Crippen molar-refractivity contribution in [3.05, 3.63) is 45.5 Å². The summed E-state index contributed by atoms with van der Waals surface area (Å²) >= 11 is 12.6. The van der Waals surface area contributed by atoms with Gasteiger partial charge in [0.15, 0.2) is 8.32 Å². The zero-order valence-corrected chi connectivity index (χ0v) is 21.0. The topological polar surface area (TPSA) is 49.7 Å². The SMILES string of the molecule is CC1(C)[C@@H]2C[C@H]1C(=C[C@H](O)c1c(Cl)cccc1Cl)[C@@H](O)[C@@H]2O[Si](C)(C)C(C)(C)C. The molecule has 3 aliphatic rings. The van der Waals surface area contributed by atoms with Crippen LogP contribution in [0.4, 0.5) is 0 Å². The van der Waals surface area contributed by atoms with E-state index in [4.69, 9.17) is 27.6 Å². The first kappa shape index (κ1) is 23.3. The first-order valence-corrected chi connectivity index (χ1v) is 14.0. The molecule has 29 heavy (non-hydrogen) atoms. The molecule has 0 aliphatic heterocycles. The summed E-state index contributed by atoms with van der Waals surface area (Å²) in [7, 11) is -2.06. The Morgan fingerprint density at radius 1 is 1.21 bits per heavy atom. The molecule has 0 unspecified atom stereocenters. The van der Waals surface area contributed by atoms with Crippen LogP contribution in [0.5, 0.6) is 0 Å². The van der Waals surface area contributed by atoms with Crippen LogP contribution in [-0.4, -0.2) is 30.7 Å². The second-order valence-electron chi connectivity index (χ2n) is 10.8.